The monoisotopic (exact) mass is 1530 g/mol. The molecule has 5 fully saturated rings. The lowest BCUT2D eigenvalue weighted by molar-refractivity contribution is 0.294. The quantitative estimate of drug-likeness (QED) is 0.0218. The van der Waals surface area contributed by atoms with Crippen LogP contribution in [-0.2, 0) is 0 Å². The molecule has 0 aromatic heterocycles. The van der Waals surface area contributed by atoms with E-state index in [1.165, 1.54) is 257 Å². The number of thiol groups is 5. The molecule has 0 spiro atoms. The van der Waals surface area contributed by atoms with Crippen LogP contribution in [0.15, 0.2) is 146 Å². The van der Waals surface area contributed by atoms with Gasteiger partial charge in [-0.15, -0.1) is 63.1 Å². The average Bonchev–Trinajstić information content (AvgIpc) is 0.996. The van der Waals surface area contributed by atoms with E-state index in [9.17, 15) is 0 Å². The molecule has 10 heteroatoms. The van der Waals surface area contributed by atoms with Gasteiger partial charge < -0.3 is 0 Å². The summed E-state index contributed by atoms with van der Waals surface area (Å²) in [5, 5.41) is 0. The maximum Gasteiger partial charge on any atom is 0.0246 e. The van der Waals surface area contributed by atoms with Gasteiger partial charge in [-0.05, 0) is 279 Å². The molecule has 5 aliphatic carbocycles. The van der Waals surface area contributed by atoms with E-state index in [4.69, 9.17) is 0 Å². The van der Waals surface area contributed by atoms with Gasteiger partial charge in [-0.25, -0.2) is 0 Å². The summed E-state index contributed by atoms with van der Waals surface area (Å²) >= 11 is 21.5. The van der Waals surface area contributed by atoms with Crippen LogP contribution in [0, 0.1) is 118 Å². The van der Waals surface area contributed by atoms with Gasteiger partial charge in [0.1, 0.15) is 0 Å². The first kappa shape index (κ1) is 98.3. The maximum absolute atomic E-state index is 4.30. The molecule has 0 heterocycles. The summed E-state index contributed by atoms with van der Waals surface area (Å²) in [5.41, 5.74) is 5.59. The third-order valence-electron chi connectivity index (χ3n) is 21.8. The molecule has 0 unspecified atom stereocenters. The van der Waals surface area contributed by atoms with Gasteiger partial charge in [0.25, 0.3) is 0 Å². The zero-order chi connectivity index (χ0) is 71.0. The zero-order valence-electron chi connectivity index (χ0n) is 64.9. The molecule has 580 valence electrons. The van der Waals surface area contributed by atoms with Crippen LogP contribution in [0.3, 0.4) is 0 Å². The van der Waals surface area contributed by atoms with Gasteiger partial charge in [-0.2, -0.15) is 0 Å². The molecule has 5 saturated carbocycles. The molecule has 5 aromatic carbocycles. The van der Waals surface area contributed by atoms with Crippen molar-refractivity contribution in [3.63, 3.8) is 0 Å². The second-order valence-corrected chi connectivity index (χ2v) is 32.7. The average molecular weight is 1530 g/mol. The third-order valence-corrected chi connectivity index (χ3v) is 23.2. The van der Waals surface area contributed by atoms with E-state index in [0.29, 0.717) is 29.6 Å². The van der Waals surface area contributed by atoms with Crippen LogP contribution in [0.1, 0.15) is 319 Å². The Morgan fingerprint density at radius 2 is 0.343 bits per heavy atom. The van der Waals surface area contributed by atoms with Crippen molar-refractivity contribution in [2.45, 2.75) is 316 Å². The Labute approximate surface area is 665 Å². The van der Waals surface area contributed by atoms with Crippen LogP contribution in [0.2, 0.25) is 0 Å². The van der Waals surface area contributed by atoms with Gasteiger partial charge in [0.05, 0.1) is 0 Å². The van der Waals surface area contributed by atoms with Crippen LogP contribution in [0.4, 0.5) is 23.5 Å². The second kappa shape index (κ2) is 61.1. The van der Waals surface area contributed by atoms with Crippen LogP contribution in [0.5, 0.6) is 0 Å². The Morgan fingerprint density at radius 3 is 0.467 bits per heavy atom. The van der Waals surface area contributed by atoms with Crippen molar-refractivity contribution in [2.75, 3.05) is 0 Å². The minimum Gasteiger partial charge on any atom is -0.269 e. The highest BCUT2D eigenvalue weighted by molar-refractivity contribution is 7.81. The number of hydrogen-bond donors (Lipinski definition) is 5. The molecule has 0 N–H and O–H groups in total. The van der Waals surface area contributed by atoms with Crippen molar-refractivity contribution in [3.05, 3.63) is 149 Å². The summed E-state index contributed by atoms with van der Waals surface area (Å²) in [7, 11) is 0. The SMILES string of the molecule is CCCCCC1CCC(C#Cc2ccc(S)cc2)CC1.CCCCCC1CCC(C#Cc2ccc(S)cc2)CC1.CCCCCC1CCC(C#Cc2ccc(S)cc2)CC1.CCCCCC1CCC(C#Cc2ccc(S)cc2)CC1.CCCCCC1CCC(C#Cc2ccc(S)cc2)CC1.F.F.F.F.F. The Bertz CT molecular complexity index is 2750. The number of benzene rings is 5. The van der Waals surface area contributed by atoms with Gasteiger partial charge in [0.2, 0.25) is 0 Å². The highest BCUT2D eigenvalue weighted by Gasteiger charge is 2.23. The largest absolute Gasteiger partial charge is 0.269 e. The molecule has 0 aliphatic heterocycles. The number of unbranched alkanes of at least 4 members (excludes halogenated alkanes) is 10. The van der Waals surface area contributed by atoms with Crippen LogP contribution in [0.25, 0.3) is 0 Å². The first-order chi connectivity index (χ1) is 48.9. The zero-order valence-corrected chi connectivity index (χ0v) is 69.4. The minimum atomic E-state index is 0. The third kappa shape index (κ3) is 44.5. The molecule has 0 amide bonds. The van der Waals surface area contributed by atoms with Gasteiger partial charge >= 0.3 is 0 Å². The van der Waals surface area contributed by atoms with Crippen molar-refractivity contribution in [2.24, 2.45) is 59.2 Å². The molecular formula is C95H135F5S5. The Balaban J connectivity index is 0.000000649. The van der Waals surface area contributed by atoms with Gasteiger partial charge in [-0.1, -0.05) is 222 Å². The van der Waals surface area contributed by atoms with E-state index in [0.717, 1.165) is 81.9 Å². The molecule has 0 radical (unpaired) electrons. The Hall–Kier alpha value is -4.70. The summed E-state index contributed by atoms with van der Waals surface area (Å²) < 4.78 is 0. The summed E-state index contributed by atoms with van der Waals surface area (Å²) in [6, 6.07) is 40.7. The summed E-state index contributed by atoms with van der Waals surface area (Å²) in [6.07, 6.45) is 54.9. The standard InChI is InChI=1S/5C19H26S.5FH/c5*1-2-3-4-5-16-6-8-17(9-7-16)10-11-18-12-14-19(20)15-13-18;;;;;/h5*12-17,20H,2-9H2,1H3;5*1H. The number of rotatable bonds is 20. The highest BCUT2D eigenvalue weighted by atomic mass is 32.1. The molecule has 10 rings (SSSR count). The smallest absolute Gasteiger partial charge is 0.0246 e. The van der Waals surface area contributed by atoms with Gasteiger partial charge in [-0.3, -0.25) is 23.5 Å². The summed E-state index contributed by atoms with van der Waals surface area (Å²) in [5.74, 6) is 41.9. The highest BCUT2D eigenvalue weighted by Crippen LogP contribution is 2.36. The normalized spacial score (nSPS) is 21.0. The lowest BCUT2D eigenvalue weighted by atomic mass is 9.80. The van der Waals surface area contributed by atoms with Crippen molar-refractivity contribution in [3.8, 4) is 59.2 Å². The molecule has 0 bridgehead atoms. The molecule has 0 saturated heterocycles. The van der Waals surface area contributed by atoms with Crippen molar-refractivity contribution in [1.29, 1.82) is 0 Å². The lowest BCUT2D eigenvalue weighted by Gasteiger charge is -2.25. The van der Waals surface area contributed by atoms with Gasteiger partial charge in [0, 0.05) is 81.9 Å². The predicted octanol–water partition coefficient (Wildman–Crippen LogP) is 29.3. The minimum absolute atomic E-state index is 0. The summed E-state index contributed by atoms with van der Waals surface area (Å²) in [4.78, 5) is 5.01. The summed E-state index contributed by atoms with van der Waals surface area (Å²) in [6.45, 7) is 11.4. The van der Waals surface area contributed by atoms with Crippen molar-refractivity contribution in [1.82, 2.24) is 0 Å². The fourth-order valence-electron chi connectivity index (χ4n) is 15.0. The van der Waals surface area contributed by atoms with Crippen LogP contribution < -0.4 is 0 Å². The van der Waals surface area contributed by atoms with E-state index in [1.54, 1.807) is 0 Å². The first-order valence-electron chi connectivity index (χ1n) is 40.4. The van der Waals surface area contributed by atoms with Gasteiger partial charge in [0.15, 0.2) is 0 Å². The van der Waals surface area contributed by atoms with E-state index < -0.39 is 0 Å². The number of hydrogen-bond acceptors (Lipinski definition) is 5. The topological polar surface area (TPSA) is 0 Å². The Kier molecular flexibility index (Phi) is 57.2. The predicted molar refractivity (Wildman–Crippen MR) is 463 cm³/mol. The molecule has 5 aromatic rings. The van der Waals surface area contributed by atoms with E-state index in [1.807, 2.05) is 60.7 Å². The molecule has 0 nitrogen and oxygen atoms in total. The fraction of sp³-hybridized carbons (Fsp3) is 0.579. The fourth-order valence-corrected chi connectivity index (χ4v) is 15.8. The first-order valence-corrected chi connectivity index (χ1v) is 42.6. The van der Waals surface area contributed by atoms with E-state index >= 15 is 0 Å². The van der Waals surface area contributed by atoms with Crippen LogP contribution in [-0.4, -0.2) is 0 Å². The van der Waals surface area contributed by atoms with Crippen LogP contribution >= 0.6 is 63.1 Å². The van der Waals surface area contributed by atoms with E-state index in [-0.39, 0.29) is 23.5 Å². The molecular weight excluding hydrogens is 1400 g/mol. The lowest BCUT2D eigenvalue weighted by Crippen LogP contribution is -2.13. The molecule has 0 atom stereocenters. The molecule has 5 aliphatic rings. The Morgan fingerprint density at radius 1 is 0.210 bits per heavy atom. The number of halogens is 5. The second-order valence-electron chi connectivity index (χ2n) is 30.1. The van der Waals surface area contributed by atoms with Crippen molar-refractivity contribution >= 4 is 63.1 Å². The van der Waals surface area contributed by atoms with Crippen molar-refractivity contribution < 1.29 is 23.5 Å². The molecule has 105 heavy (non-hydrogen) atoms. The maximum atomic E-state index is 4.30. The van der Waals surface area contributed by atoms with E-state index in [2.05, 4.69) is 218 Å².